The monoisotopic (exact) mass is 334 g/mol. The van der Waals surface area contributed by atoms with Gasteiger partial charge in [0.1, 0.15) is 10.6 Å². The summed E-state index contributed by atoms with van der Waals surface area (Å²) < 4.78 is 54.8. The predicted octanol–water partition coefficient (Wildman–Crippen LogP) is 0.0850. The lowest BCUT2D eigenvalue weighted by Gasteiger charge is -2.32. The molecule has 1 aromatic rings. The van der Waals surface area contributed by atoms with E-state index in [0.717, 1.165) is 0 Å². The number of nitrogens with two attached hydrogens (primary N) is 1. The van der Waals surface area contributed by atoms with Crippen molar-refractivity contribution in [3.05, 3.63) is 18.2 Å². The molecule has 1 saturated heterocycles. The number of rotatable bonds is 3. The molecule has 1 atom stereocenters. The Kier molecular flexibility index (Phi) is 4.18. The number of nitrogen functional groups attached to an aromatic ring is 1. The van der Waals surface area contributed by atoms with E-state index in [1.165, 1.54) is 29.6 Å². The molecule has 7 nitrogen and oxygen atoms in total. The number of hydrogen-bond acceptors (Lipinski definition) is 6. The second kappa shape index (κ2) is 5.47. The van der Waals surface area contributed by atoms with Crippen LogP contribution in [0.15, 0.2) is 23.1 Å². The summed E-state index contributed by atoms with van der Waals surface area (Å²) in [7, 11) is -5.66. The highest BCUT2D eigenvalue weighted by Crippen LogP contribution is 2.30. The van der Waals surface area contributed by atoms with E-state index >= 15 is 0 Å². The molecule has 1 fully saturated rings. The van der Waals surface area contributed by atoms with E-state index in [-0.39, 0.29) is 28.7 Å². The fraction of sp³-hybridized carbons (Fsp3) is 0.500. The SMILES string of the molecule is COc1cc(N)ccc1S(=O)(=O)N1CCS(=O)(=O)CC1C. The molecule has 0 spiro atoms. The molecule has 21 heavy (non-hydrogen) atoms. The first-order chi connectivity index (χ1) is 9.67. The number of benzene rings is 1. The first-order valence-electron chi connectivity index (χ1n) is 6.33. The van der Waals surface area contributed by atoms with Crippen LogP contribution < -0.4 is 10.5 Å². The van der Waals surface area contributed by atoms with Crippen LogP contribution in [0.1, 0.15) is 6.92 Å². The van der Waals surface area contributed by atoms with Crippen LogP contribution in [0.3, 0.4) is 0 Å². The van der Waals surface area contributed by atoms with Gasteiger partial charge in [0, 0.05) is 24.3 Å². The molecule has 118 valence electrons. The number of methoxy groups -OCH3 is 1. The Hall–Kier alpha value is -1.32. The van der Waals surface area contributed by atoms with Crippen molar-refractivity contribution in [3.63, 3.8) is 0 Å². The van der Waals surface area contributed by atoms with E-state index in [1.807, 2.05) is 0 Å². The van der Waals surface area contributed by atoms with Crippen LogP contribution in [0.2, 0.25) is 0 Å². The Morgan fingerprint density at radius 2 is 2.05 bits per heavy atom. The largest absolute Gasteiger partial charge is 0.495 e. The molecule has 0 radical (unpaired) electrons. The number of sulfone groups is 1. The molecule has 1 aliphatic heterocycles. The van der Waals surface area contributed by atoms with Crippen molar-refractivity contribution in [2.45, 2.75) is 17.9 Å². The quantitative estimate of drug-likeness (QED) is 0.785. The zero-order chi connectivity index (χ0) is 15.8. The lowest BCUT2D eigenvalue weighted by Crippen LogP contribution is -2.49. The maximum atomic E-state index is 12.7. The number of nitrogens with zero attached hydrogens (tertiary/aromatic N) is 1. The third-order valence-electron chi connectivity index (χ3n) is 3.38. The van der Waals surface area contributed by atoms with Gasteiger partial charge in [-0.05, 0) is 19.1 Å². The standard InChI is InChI=1S/C12H18N2O5S2/c1-9-8-20(15,16)6-5-14(9)21(17,18)12-4-3-10(13)7-11(12)19-2/h3-4,7,9H,5-6,8,13H2,1-2H3. The highest BCUT2D eigenvalue weighted by Gasteiger charge is 2.37. The van der Waals surface area contributed by atoms with Crippen LogP contribution in [0.25, 0.3) is 0 Å². The van der Waals surface area contributed by atoms with Gasteiger partial charge >= 0.3 is 0 Å². The van der Waals surface area contributed by atoms with Crippen LogP contribution in [-0.4, -0.2) is 52.3 Å². The predicted molar refractivity (Wildman–Crippen MR) is 79.4 cm³/mol. The summed E-state index contributed by atoms with van der Waals surface area (Å²) >= 11 is 0. The maximum absolute atomic E-state index is 12.7. The van der Waals surface area contributed by atoms with Gasteiger partial charge in [-0.1, -0.05) is 0 Å². The summed E-state index contributed by atoms with van der Waals surface area (Å²) in [6, 6.07) is 3.66. The van der Waals surface area contributed by atoms with Crippen LogP contribution in [0, 0.1) is 0 Å². The van der Waals surface area contributed by atoms with E-state index in [4.69, 9.17) is 10.5 Å². The Bertz CT molecular complexity index is 743. The molecule has 2 N–H and O–H groups in total. The number of sulfonamides is 1. The highest BCUT2D eigenvalue weighted by molar-refractivity contribution is 7.92. The van der Waals surface area contributed by atoms with Crippen molar-refractivity contribution in [2.75, 3.05) is 30.9 Å². The fourth-order valence-electron chi connectivity index (χ4n) is 2.36. The highest BCUT2D eigenvalue weighted by atomic mass is 32.2. The Morgan fingerprint density at radius 1 is 1.38 bits per heavy atom. The normalized spacial score (nSPS) is 22.9. The van der Waals surface area contributed by atoms with Crippen molar-refractivity contribution in [2.24, 2.45) is 0 Å². The second-order valence-electron chi connectivity index (χ2n) is 4.99. The first-order valence-corrected chi connectivity index (χ1v) is 9.59. The summed E-state index contributed by atoms with van der Waals surface area (Å²) in [5, 5.41) is 0. The van der Waals surface area contributed by atoms with Gasteiger partial charge in [-0.25, -0.2) is 16.8 Å². The molecular formula is C12H18N2O5S2. The van der Waals surface area contributed by atoms with Crippen LogP contribution in [-0.2, 0) is 19.9 Å². The molecular weight excluding hydrogens is 316 g/mol. The molecule has 0 saturated carbocycles. The maximum Gasteiger partial charge on any atom is 0.247 e. The zero-order valence-electron chi connectivity index (χ0n) is 11.8. The third-order valence-corrected chi connectivity index (χ3v) is 7.23. The Balaban J connectivity index is 2.44. The minimum atomic E-state index is -3.83. The molecule has 1 unspecified atom stereocenters. The molecule has 0 amide bonds. The van der Waals surface area contributed by atoms with Crippen LogP contribution in [0.5, 0.6) is 5.75 Å². The summed E-state index contributed by atoms with van der Waals surface area (Å²) in [5.41, 5.74) is 6.01. The van der Waals surface area contributed by atoms with Crippen molar-refractivity contribution in [3.8, 4) is 5.75 Å². The first kappa shape index (κ1) is 16.1. The zero-order valence-corrected chi connectivity index (χ0v) is 13.4. The summed E-state index contributed by atoms with van der Waals surface area (Å²) in [5.74, 6) is -0.201. The summed E-state index contributed by atoms with van der Waals surface area (Å²) in [6.45, 7) is 1.53. The van der Waals surface area contributed by atoms with Gasteiger partial charge < -0.3 is 10.5 Å². The summed E-state index contributed by atoms with van der Waals surface area (Å²) in [4.78, 5) is -0.00894. The smallest absolute Gasteiger partial charge is 0.247 e. The van der Waals surface area contributed by atoms with E-state index in [0.29, 0.717) is 5.69 Å². The number of anilines is 1. The molecule has 9 heteroatoms. The van der Waals surface area contributed by atoms with Crippen molar-refractivity contribution in [1.29, 1.82) is 0 Å². The Labute approximate surface area is 124 Å². The second-order valence-corrected chi connectivity index (χ2v) is 9.08. The summed E-state index contributed by atoms with van der Waals surface area (Å²) in [6.07, 6.45) is 0. The molecule has 0 bridgehead atoms. The van der Waals surface area contributed by atoms with E-state index in [9.17, 15) is 16.8 Å². The molecule has 1 heterocycles. The number of hydrogen-bond donors (Lipinski definition) is 1. The van der Waals surface area contributed by atoms with Gasteiger partial charge in [0.15, 0.2) is 9.84 Å². The van der Waals surface area contributed by atoms with Crippen LogP contribution in [0.4, 0.5) is 5.69 Å². The van der Waals surface area contributed by atoms with Gasteiger partial charge in [-0.15, -0.1) is 0 Å². The van der Waals surface area contributed by atoms with Gasteiger partial charge in [-0.2, -0.15) is 4.31 Å². The van der Waals surface area contributed by atoms with Gasteiger partial charge in [0.05, 0.1) is 18.6 Å². The van der Waals surface area contributed by atoms with Gasteiger partial charge in [0.25, 0.3) is 0 Å². The molecule has 1 aromatic carbocycles. The van der Waals surface area contributed by atoms with Crippen molar-refractivity contribution in [1.82, 2.24) is 4.31 Å². The van der Waals surface area contributed by atoms with E-state index < -0.39 is 25.9 Å². The molecule has 0 aliphatic carbocycles. The fourth-order valence-corrected chi connectivity index (χ4v) is 5.90. The third kappa shape index (κ3) is 3.14. The average Bonchev–Trinajstić information content (AvgIpc) is 2.36. The lowest BCUT2D eigenvalue weighted by molar-refractivity contribution is 0.351. The van der Waals surface area contributed by atoms with Crippen molar-refractivity contribution >= 4 is 25.5 Å². The molecule has 0 aromatic heterocycles. The lowest BCUT2D eigenvalue weighted by atomic mass is 10.3. The Morgan fingerprint density at radius 3 is 2.62 bits per heavy atom. The molecule has 2 rings (SSSR count). The van der Waals surface area contributed by atoms with Gasteiger partial charge in [0.2, 0.25) is 10.0 Å². The van der Waals surface area contributed by atoms with Crippen LogP contribution >= 0.6 is 0 Å². The van der Waals surface area contributed by atoms with E-state index in [2.05, 4.69) is 0 Å². The molecule has 1 aliphatic rings. The number of ether oxygens (including phenoxy) is 1. The van der Waals surface area contributed by atoms with E-state index in [1.54, 1.807) is 6.92 Å². The minimum Gasteiger partial charge on any atom is -0.495 e. The minimum absolute atomic E-state index is 0.00894. The topological polar surface area (TPSA) is 107 Å². The van der Waals surface area contributed by atoms with Gasteiger partial charge in [-0.3, -0.25) is 0 Å². The van der Waals surface area contributed by atoms with Crippen molar-refractivity contribution < 1.29 is 21.6 Å². The average molecular weight is 334 g/mol.